The van der Waals surface area contributed by atoms with E-state index in [9.17, 15) is 0 Å². The Morgan fingerprint density at radius 3 is 0.889 bits per heavy atom. The lowest BCUT2D eigenvalue weighted by Gasteiger charge is -2.18. The van der Waals surface area contributed by atoms with Crippen molar-refractivity contribution in [2.24, 2.45) is 0 Å². The van der Waals surface area contributed by atoms with Crippen molar-refractivity contribution >= 4 is 0 Å². The van der Waals surface area contributed by atoms with Crippen molar-refractivity contribution in [3.05, 3.63) is 41.3 Å². The fourth-order valence-corrected chi connectivity index (χ4v) is 7.38. The molecule has 0 heteroatoms. The van der Waals surface area contributed by atoms with E-state index < -0.39 is 0 Å². The summed E-state index contributed by atoms with van der Waals surface area (Å²) in [6.07, 6.45) is 49.0. The quantitative estimate of drug-likeness (QED) is 0.0660. The van der Waals surface area contributed by atoms with Crippen LogP contribution in [0.5, 0.6) is 0 Å². The zero-order valence-corrected chi connectivity index (χ0v) is 31.6. The van der Waals surface area contributed by atoms with Crippen LogP contribution in [0, 0.1) is 6.92 Å². The van der Waals surface area contributed by atoms with E-state index in [0.717, 1.165) is 12.8 Å². The summed E-state index contributed by atoms with van der Waals surface area (Å²) in [5.41, 5.74) is 6.78. The van der Waals surface area contributed by atoms with Crippen LogP contribution in [-0.4, -0.2) is 0 Å². The third-order valence-electron chi connectivity index (χ3n) is 10.3. The van der Waals surface area contributed by atoms with E-state index in [0.29, 0.717) is 0 Å². The largest absolute Gasteiger partial charge is 0.0654 e. The predicted octanol–water partition coefficient (Wildman–Crippen LogP) is 15.8. The molecule has 263 valence electrons. The first-order valence-corrected chi connectivity index (χ1v) is 21.2. The van der Waals surface area contributed by atoms with Crippen LogP contribution in [0.3, 0.4) is 0 Å². The van der Waals surface area contributed by atoms with Crippen LogP contribution in [0.1, 0.15) is 242 Å². The van der Waals surface area contributed by atoms with Crippen molar-refractivity contribution in [2.45, 2.75) is 245 Å². The maximum Gasteiger partial charge on any atom is -0.0273 e. The van der Waals surface area contributed by atoms with Gasteiger partial charge >= 0.3 is 0 Å². The van der Waals surface area contributed by atoms with Crippen LogP contribution < -0.4 is 0 Å². The minimum absolute atomic E-state index is 1.02. The molecule has 0 aliphatic heterocycles. The van der Waals surface area contributed by atoms with Crippen molar-refractivity contribution in [3.63, 3.8) is 0 Å². The minimum atomic E-state index is 1.02. The molecule has 0 N–H and O–H groups in total. The standard InChI is InChI=1S/C45H83/c1-5-9-12-15-18-21-24-27-30-33-37-43-40-42(36-8-4)41-44(38-34-31-28-25-22-19-16-13-10-6-2)45(43)39-35-32-29-26-23-20-17-14-11-7-3/h40-41H,4-39H2,1-3H3. The smallest absolute Gasteiger partial charge is 0.0273 e. The monoisotopic (exact) mass is 624 g/mol. The van der Waals surface area contributed by atoms with Crippen LogP contribution in [-0.2, 0) is 25.7 Å². The third-order valence-corrected chi connectivity index (χ3v) is 10.3. The molecule has 0 spiro atoms. The highest BCUT2D eigenvalue weighted by molar-refractivity contribution is 5.40. The number of unbranched alkanes of at least 4 members (excludes halogenated alkanes) is 27. The highest BCUT2D eigenvalue weighted by Crippen LogP contribution is 2.26. The normalized spacial score (nSPS) is 11.6. The Balaban J connectivity index is 2.63. The Kier molecular flexibility index (Phi) is 31.1. The summed E-state index contributed by atoms with van der Waals surface area (Å²) in [5.74, 6) is 0. The molecule has 0 aromatic heterocycles. The summed E-state index contributed by atoms with van der Waals surface area (Å²) >= 11 is 0. The van der Waals surface area contributed by atoms with Gasteiger partial charge in [-0.2, -0.15) is 0 Å². The molecule has 1 aromatic rings. The van der Waals surface area contributed by atoms with Gasteiger partial charge in [0.1, 0.15) is 0 Å². The van der Waals surface area contributed by atoms with Gasteiger partial charge in [0, 0.05) is 0 Å². The lowest BCUT2D eigenvalue weighted by Crippen LogP contribution is -2.04. The fraction of sp³-hybridized carbons (Fsp3) is 0.844. The summed E-state index contributed by atoms with van der Waals surface area (Å²) < 4.78 is 0. The van der Waals surface area contributed by atoms with E-state index in [4.69, 9.17) is 0 Å². The lowest BCUT2D eigenvalue weighted by molar-refractivity contribution is 0.551. The van der Waals surface area contributed by atoms with Crippen LogP contribution in [0.2, 0.25) is 0 Å². The molecule has 0 fully saturated rings. The molecule has 1 rings (SSSR count). The molecule has 0 bridgehead atoms. The molecule has 0 aliphatic carbocycles. The van der Waals surface area contributed by atoms with Crippen molar-refractivity contribution in [2.75, 3.05) is 0 Å². The molecule has 0 saturated heterocycles. The lowest BCUT2D eigenvalue weighted by atomic mass is 9.87. The van der Waals surface area contributed by atoms with Crippen LogP contribution in [0.15, 0.2) is 12.1 Å². The minimum Gasteiger partial charge on any atom is -0.0654 e. The highest BCUT2D eigenvalue weighted by atomic mass is 14.2. The fourth-order valence-electron chi connectivity index (χ4n) is 7.38. The third kappa shape index (κ3) is 25.0. The Hall–Kier alpha value is -0.780. The molecule has 0 atom stereocenters. The van der Waals surface area contributed by atoms with Gasteiger partial charge in [0.05, 0.1) is 0 Å². The molecule has 0 amide bonds. The van der Waals surface area contributed by atoms with Crippen molar-refractivity contribution < 1.29 is 0 Å². The number of hydrogen-bond acceptors (Lipinski definition) is 0. The van der Waals surface area contributed by atoms with Gasteiger partial charge in [-0.05, 0) is 73.6 Å². The number of rotatable bonds is 35. The SMILES string of the molecule is [CH2]CCc1cc(CCCCCCCCCCCC)c(CCCCCCCCCCCC)c(CCCCCCCCCCCC)c1. The van der Waals surface area contributed by atoms with E-state index in [1.54, 1.807) is 22.3 Å². The number of benzene rings is 1. The number of aryl methyl sites for hydroxylation is 3. The average Bonchev–Trinajstić information content (AvgIpc) is 3.04. The van der Waals surface area contributed by atoms with Gasteiger partial charge in [-0.25, -0.2) is 0 Å². The Morgan fingerprint density at radius 2 is 0.600 bits per heavy atom. The second-order valence-electron chi connectivity index (χ2n) is 14.8. The zero-order chi connectivity index (χ0) is 32.5. The highest BCUT2D eigenvalue weighted by Gasteiger charge is 2.12. The summed E-state index contributed by atoms with van der Waals surface area (Å²) in [6, 6.07) is 5.24. The van der Waals surface area contributed by atoms with Crippen LogP contribution in [0.25, 0.3) is 0 Å². The summed E-state index contributed by atoms with van der Waals surface area (Å²) in [4.78, 5) is 0. The molecule has 45 heavy (non-hydrogen) atoms. The van der Waals surface area contributed by atoms with E-state index >= 15 is 0 Å². The van der Waals surface area contributed by atoms with Gasteiger partial charge in [-0.1, -0.05) is 213 Å². The first-order valence-electron chi connectivity index (χ1n) is 21.2. The molecular formula is C45H83. The summed E-state index contributed by atoms with van der Waals surface area (Å²) in [5, 5.41) is 0. The molecule has 1 radical (unpaired) electrons. The van der Waals surface area contributed by atoms with Gasteiger partial charge < -0.3 is 0 Å². The predicted molar refractivity (Wildman–Crippen MR) is 207 cm³/mol. The van der Waals surface area contributed by atoms with E-state index in [1.807, 2.05) is 0 Å². The maximum atomic E-state index is 4.22. The van der Waals surface area contributed by atoms with Crippen molar-refractivity contribution in [3.8, 4) is 0 Å². The first kappa shape index (κ1) is 42.2. The molecule has 0 aliphatic rings. The first-order chi connectivity index (χ1) is 22.3. The van der Waals surface area contributed by atoms with Gasteiger partial charge in [0.15, 0.2) is 0 Å². The van der Waals surface area contributed by atoms with E-state index in [1.165, 1.54) is 212 Å². The average molecular weight is 624 g/mol. The van der Waals surface area contributed by atoms with E-state index in [-0.39, 0.29) is 0 Å². The second-order valence-corrected chi connectivity index (χ2v) is 14.8. The molecule has 0 nitrogen and oxygen atoms in total. The van der Waals surface area contributed by atoms with Crippen LogP contribution in [0.4, 0.5) is 0 Å². The topological polar surface area (TPSA) is 0 Å². The zero-order valence-electron chi connectivity index (χ0n) is 31.6. The molecule has 1 aromatic carbocycles. The van der Waals surface area contributed by atoms with Crippen molar-refractivity contribution in [1.82, 2.24) is 0 Å². The van der Waals surface area contributed by atoms with Crippen LogP contribution >= 0.6 is 0 Å². The van der Waals surface area contributed by atoms with Gasteiger partial charge in [0.25, 0.3) is 0 Å². The Bertz CT molecular complexity index is 685. The van der Waals surface area contributed by atoms with E-state index in [2.05, 4.69) is 39.8 Å². The van der Waals surface area contributed by atoms with Gasteiger partial charge in [-0.3, -0.25) is 0 Å². The van der Waals surface area contributed by atoms with Crippen molar-refractivity contribution in [1.29, 1.82) is 0 Å². The maximum absolute atomic E-state index is 4.22. The Morgan fingerprint density at radius 1 is 0.333 bits per heavy atom. The van der Waals surface area contributed by atoms with Gasteiger partial charge in [0.2, 0.25) is 0 Å². The molecular weight excluding hydrogens is 540 g/mol. The Labute approximate surface area is 286 Å². The van der Waals surface area contributed by atoms with Gasteiger partial charge in [-0.15, -0.1) is 0 Å². The summed E-state index contributed by atoms with van der Waals surface area (Å²) in [7, 11) is 0. The summed E-state index contributed by atoms with van der Waals surface area (Å²) in [6.45, 7) is 11.2. The molecule has 0 heterocycles. The molecule has 0 saturated carbocycles. The molecule has 0 unspecified atom stereocenters. The second kappa shape index (κ2) is 33.1. The number of hydrogen-bond donors (Lipinski definition) is 0.